The summed E-state index contributed by atoms with van der Waals surface area (Å²) >= 11 is 0. The molecule has 1 rings (SSSR count). The number of hydrogen-bond acceptors (Lipinski definition) is 3. The third-order valence-electron chi connectivity index (χ3n) is 2.29. The van der Waals surface area contributed by atoms with Crippen molar-refractivity contribution >= 4 is 15.7 Å². The van der Waals surface area contributed by atoms with Gasteiger partial charge in [-0.1, -0.05) is 25.5 Å². The van der Waals surface area contributed by atoms with Crippen LogP contribution in [0.2, 0.25) is 0 Å². The molecule has 1 aromatic carbocycles. The highest BCUT2D eigenvalue weighted by atomic mass is 32.2. The van der Waals surface area contributed by atoms with Gasteiger partial charge in [0.15, 0.2) is 9.84 Å². The van der Waals surface area contributed by atoms with Crippen LogP contribution in [0.1, 0.15) is 25.3 Å². The molecular weight excluding hydrogens is 224 g/mol. The van der Waals surface area contributed by atoms with Crippen LogP contribution in [0.15, 0.2) is 29.2 Å². The Balaban J connectivity index is 2.93. The van der Waals surface area contributed by atoms with Crippen molar-refractivity contribution in [3.8, 4) is 0 Å². The molecule has 5 heteroatoms. The van der Waals surface area contributed by atoms with E-state index in [2.05, 4.69) is 0 Å². The van der Waals surface area contributed by atoms with Crippen molar-refractivity contribution in [2.75, 3.05) is 5.75 Å². The first kappa shape index (κ1) is 12.7. The lowest BCUT2D eigenvalue weighted by molar-refractivity contribution is 0.592. The minimum Gasteiger partial charge on any atom is -0.384 e. The molecule has 0 amide bonds. The van der Waals surface area contributed by atoms with Gasteiger partial charge in [0.2, 0.25) is 0 Å². The molecule has 88 valence electrons. The van der Waals surface area contributed by atoms with Gasteiger partial charge < -0.3 is 5.73 Å². The lowest BCUT2D eigenvalue weighted by Gasteiger charge is -2.04. The molecule has 0 heterocycles. The normalized spacial score (nSPS) is 11.3. The van der Waals surface area contributed by atoms with Gasteiger partial charge in [0.1, 0.15) is 5.84 Å². The van der Waals surface area contributed by atoms with Crippen LogP contribution in [0.5, 0.6) is 0 Å². The summed E-state index contributed by atoms with van der Waals surface area (Å²) in [6.45, 7) is 1.95. The molecule has 0 spiro atoms. The Morgan fingerprint density at radius 2 is 1.88 bits per heavy atom. The number of rotatable bonds is 5. The minimum absolute atomic E-state index is 0.0579. The summed E-state index contributed by atoms with van der Waals surface area (Å²) in [6, 6.07) is 6.12. The number of nitrogens with two attached hydrogens (primary N) is 1. The summed E-state index contributed by atoms with van der Waals surface area (Å²) in [6.07, 6.45) is 1.52. The van der Waals surface area contributed by atoms with Crippen LogP contribution < -0.4 is 5.73 Å². The smallest absolute Gasteiger partial charge is 0.178 e. The van der Waals surface area contributed by atoms with Crippen molar-refractivity contribution in [3.05, 3.63) is 29.8 Å². The highest BCUT2D eigenvalue weighted by Crippen LogP contribution is 2.13. The molecule has 0 aromatic heterocycles. The Hall–Kier alpha value is -1.36. The molecule has 0 aliphatic rings. The second kappa shape index (κ2) is 5.12. The van der Waals surface area contributed by atoms with Crippen molar-refractivity contribution in [2.24, 2.45) is 5.73 Å². The van der Waals surface area contributed by atoms with Gasteiger partial charge in [-0.3, -0.25) is 5.41 Å². The van der Waals surface area contributed by atoms with Gasteiger partial charge in [-0.05, 0) is 18.6 Å². The molecule has 0 bridgehead atoms. The number of hydrogen-bond donors (Lipinski definition) is 2. The van der Waals surface area contributed by atoms with Crippen LogP contribution in [-0.2, 0) is 9.84 Å². The van der Waals surface area contributed by atoms with Crippen LogP contribution in [0.4, 0.5) is 0 Å². The van der Waals surface area contributed by atoms with Crippen LogP contribution in [0.25, 0.3) is 0 Å². The first-order valence-electron chi connectivity index (χ1n) is 5.14. The number of nitrogen functional groups attached to an aromatic ring is 1. The molecule has 0 unspecified atom stereocenters. The standard InChI is InChI=1S/C11H16N2O2S/c1-2-3-8-16(14,15)10-6-4-9(5-7-10)11(12)13/h4-7H,2-3,8H2,1H3,(H3,12,13). The Labute approximate surface area is 95.9 Å². The molecule has 0 atom stereocenters. The third kappa shape index (κ3) is 3.06. The molecule has 4 nitrogen and oxygen atoms in total. The Morgan fingerprint density at radius 1 is 1.31 bits per heavy atom. The van der Waals surface area contributed by atoms with Crippen molar-refractivity contribution in [1.29, 1.82) is 5.41 Å². The van der Waals surface area contributed by atoms with Crippen LogP contribution in [0, 0.1) is 5.41 Å². The SMILES string of the molecule is CCCCS(=O)(=O)c1ccc(C(=N)N)cc1. The molecule has 0 saturated heterocycles. The first-order valence-corrected chi connectivity index (χ1v) is 6.80. The molecule has 0 fully saturated rings. The number of sulfone groups is 1. The Morgan fingerprint density at radius 3 is 2.31 bits per heavy atom. The molecule has 3 N–H and O–H groups in total. The summed E-state index contributed by atoms with van der Waals surface area (Å²) in [7, 11) is -3.18. The lowest BCUT2D eigenvalue weighted by atomic mass is 10.2. The Bertz CT molecular complexity index is 463. The van der Waals surface area contributed by atoms with Gasteiger partial charge in [0, 0.05) is 5.56 Å². The quantitative estimate of drug-likeness (QED) is 0.605. The molecule has 0 aliphatic carbocycles. The van der Waals surface area contributed by atoms with Gasteiger partial charge in [0.25, 0.3) is 0 Å². The molecule has 1 aromatic rings. The van der Waals surface area contributed by atoms with Gasteiger partial charge in [-0.15, -0.1) is 0 Å². The van der Waals surface area contributed by atoms with Gasteiger partial charge in [-0.2, -0.15) is 0 Å². The predicted octanol–water partition coefficient (Wildman–Crippen LogP) is 1.54. The fourth-order valence-electron chi connectivity index (χ4n) is 1.29. The summed E-state index contributed by atoms with van der Waals surface area (Å²) in [5, 5.41) is 7.20. The fraction of sp³-hybridized carbons (Fsp3) is 0.364. The van der Waals surface area contributed by atoms with Gasteiger partial charge in [-0.25, -0.2) is 8.42 Å². The molecule has 0 radical (unpaired) electrons. The zero-order valence-electron chi connectivity index (χ0n) is 9.23. The molecule has 0 aliphatic heterocycles. The maximum atomic E-state index is 11.8. The summed E-state index contributed by atoms with van der Waals surface area (Å²) < 4.78 is 23.6. The van der Waals surface area contributed by atoms with Crippen molar-refractivity contribution in [2.45, 2.75) is 24.7 Å². The third-order valence-corrected chi connectivity index (χ3v) is 4.11. The lowest BCUT2D eigenvalue weighted by Crippen LogP contribution is -2.12. The Kier molecular flexibility index (Phi) is 4.06. The highest BCUT2D eigenvalue weighted by Gasteiger charge is 2.13. The first-order chi connectivity index (χ1) is 7.47. The largest absolute Gasteiger partial charge is 0.384 e. The van der Waals surface area contributed by atoms with Gasteiger partial charge in [0.05, 0.1) is 10.6 Å². The zero-order valence-corrected chi connectivity index (χ0v) is 10.0. The number of nitrogens with one attached hydrogen (secondary N) is 1. The second-order valence-corrected chi connectivity index (χ2v) is 5.72. The number of unbranched alkanes of at least 4 members (excludes halogenated alkanes) is 1. The van der Waals surface area contributed by atoms with E-state index in [1.807, 2.05) is 6.92 Å². The van der Waals surface area contributed by atoms with E-state index in [0.717, 1.165) is 6.42 Å². The minimum atomic E-state index is -3.18. The average molecular weight is 240 g/mol. The summed E-state index contributed by atoms with van der Waals surface area (Å²) in [4.78, 5) is 0.297. The van der Waals surface area contributed by atoms with E-state index in [1.54, 1.807) is 12.1 Å². The van der Waals surface area contributed by atoms with E-state index in [-0.39, 0.29) is 11.6 Å². The van der Waals surface area contributed by atoms with E-state index < -0.39 is 9.84 Å². The summed E-state index contributed by atoms with van der Waals surface area (Å²) in [5.74, 6) is 0.112. The van der Waals surface area contributed by atoms with Crippen molar-refractivity contribution in [3.63, 3.8) is 0 Å². The number of benzene rings is 1. The molecule has 0 saturated carbocycles. The maximum absolute atomic E-state index is 11.8. The van der Waals surface area contributed by atoms with Crippen molar-refractivity contribution < 1.29 is 8.42 Å². The van der Waals surface area contributed by atoms with E-state index in [9.17, 15) is 8.42 Å². The average Bonchev–Trinajstić information content (AvgIpc) is 2.26. The van der Waals surface area contributed by atoms with Crippen LogP contribution in [-0.4, -0.2) is 20.0 Å². The second-order valence-electron chi connectivity index (χ2n) is 3.61. The zero-order chi connectivity index (χ0) is 12.2. The maximum Gasteiger partial charge on any atom is 0.178 e. The van der Waals surface area contributed by atoms with Gasteiger partial charge >= 0.3 is 0 Å². The van der Waals surface area contributed by atoms with Crippen molar-refractivity contribution in [1.82, 2.24) is 0 Å². The van der Waals surface area contributed by atoms with Crippen LogP contribution in [0.3, 0.4) is 0 Å². The van der Waals surface area contributed by atoms with E-state index in [4.69, 9.17) is 11.1 Å². The fourth-order valence-corrected chi connectivity index (χ4v) is 2.75. The predicted molar refractivity (Wildman–Crippen MR) is 64.4 cm³/mol. The van der Waals surface area contributed by atoms with E-state index in [1.165, 1.54) is 12.1 Å². The highest BCUT2D eigenvalue weighted by molar-refractivity contribution is 7.91. The summed E-state index contributed by atoms with van der Waals surface area (Å²) in [5.41, 5.74) is 5.82. The molecule has 16 heavy (non-hydrogen) atoms. The monoisotopic (exact) mass is 240 g/mol. The van der Waals surface area contributed by atoms with Crippen LogP contribution >= 0.6 is 0 Å². The van der Waals surface area contributed by atoms with E-state index >= 15 is 0 Å². The topological polar surface area (TPSA) is 84.0 Å². The number of amidine groups is 1. The molecular formula is C11H16N2O2S. The van der Waals surface area contributed by atoms with E-state index in [0.29, 0.717) is 16.9 Å².